The highest BCUT2D eigenvalue weighted by Gasteiger charge is 2.36. The van der Waals surface area contributed by atoms with Gasteiger partial charge in [0.15, 0.2) is 0 Å². The summed E-state index contributed by atoms with van der Waals surface area (Å²) in [5.74, 6) is 1.56. The molecular formula is C27H31N3O3. The molecule has 2 aliphatic heterocycles. The summed E-state index contributed by atoms with van der Waals surface area (Å²) in [7, 11) is 0. The van der Waals surface area contributed by atoms with Crippen molar-refractivity contribution in [2.45, 2.75) is 38.4 Å². The number of likely N-dealkylation sites (tertiary alicyclic amines) is 1. The lowest BCUT2D eigenvalue weighted by Crippen LogP contribution is -2.49. The number of piperidine rings is 1. The molecule has 1 fully saturated rings. The molecule has 3 atom stereocenters. The number of ether oxygens (including phenoxy) is 1. The van der Waals surface area contributed by atoms with Crippen molar-refractivity contribution in [3.63, 3.8) is 0 Å². The maximum absolute atomic E-state index is 12.1. The number of carbonyl (C=O) groups excluding carboxylic acids is 1. The van der Waals surface area contributed by atoms with Gasteiger partial charge in [0.05, 0.1) is 6.61 Å². The minimum atomic E-state index is -0.0321. The second kappa shape index (κ2) is 9.32. The van der Waals surface area contributed by atoms with Crippen molar-refractivity contribution in [2.24, 2.45) is 5.92 Å². The van der Waals surface area contributed by atoms with E-state index in [1.54, 1.807) is 6.07 Å². The number of hydrogen-bond acceptors (Lipinski definition) is 4. The largest absolute Gasteiger partial charge is 0.508 e. The van der Waals surface area contributed by atoms with Gasteiger partial charge in [-0.15, -0.1) is 0 Å². The van der Waals surface area contributed by atoms with Crippen molar-refractivity contribution in [3.8, 4) is 11.5 Å². The molecule has 1 aromatic heterocycles. The number of amides is 1. The molecule has 0 radical (unpaired) electrons. The fourth-order valence-corrected chi connectivity index (χ4v) is 5.31. The number of fused-ring (bicyclic) bond motifs is 1. The molecule has 33 heavy (non-hydrogen) atoms. The number of hydrogen-bond donors (Lipinski definition) is 2. The maximum Gasteiger partial charge on any atom is 0.252 e. The van der Waals surface area contributed by atoms with Gasteiger partial charge in [-0.3, -0.25) is 9.69 Å². The highest BCUT2D eigenvalue weighted by atomic mass is 16.5. The van der Waals surface area contributed by atoms with E-state index in [0.29, 0.717) is 36.4 Å². The van der Waals surface area contributed by atoms with Crippen molar-refractivity contribution >= 4 is 5.91 Å². The van der Waals surface area contributed by atoms with E-state index in [4.69, 9.17) is 4.74 Å². The number of carbonyl (C=O) groups is 1. The highest BCUT2D eigenvalue weighted by molar-refractivity contribution is 5.98. The van der Waals surface area contributed by atoms with Crippen LogP contribution >= 0.6 is 0 Å². The van der Waals surface area contributed by atoms with Crippen LogP contribution in [0, 0.1) is 5.92 Å². The predicted molar refractivity (Wildman–Crippen MR) is 128 cm³/mol. The Hall–Kier alpha value is -3.25. The van der Waals surface area contributed by atoms with Gasteiger partial charge in [0, 0.05) is 49.6 Å². The molecule has 1 saturated heterocycles. The molecule has 2 aliphatic rings. The Kier molecular flexibility index (Phi) is 6.09. The van der Waals surface area contributed by atoms with Crippen molar-refractivity contribution in [1.82, 2.24) is 14.8 Å². The maximum atomic E-state index is 12.1. The summed E-state index contributed by atoms with van der Waals surface area (Å²) in [6, 6.07) is 17.9. The molecule has 0 bridgehead atoms. The summed E-state index contributed by atoms with van der Waals surface area (Å²) in [5.41, 5.74) is 2.89. The lowest BCUT2D eigenvalue weighted by atomic mass is 9.76. The van der Waals surface area contributed by atoms with Crippen LogP contribution in [-0.2, 0) is 13.1 Å². The summed E-state index contributed by atoms with van der Waals surface area (Å²) < 4.78 is 8.51. The third-order valence-corrected chi connectivity index (χ3v) is 7.26. The van der Waals surface area contributed by atoms with Crippen LogP contribution in [0.1, 0.15) is 40.7 Å². The fraction of sp³-hybridized carbons (Fsp3) is 0.370. The van der Waals surface area contributed by atoms with Gasteiger partial charge in [-0.25, -0.2) is 0 Å². The van der Waals surface area contributed by atoms with E-state index in [-0.39, 0.29) is 11.8 Å². The molecule has 6 nitrogen and oxygen atoms in total. The van der Waals surface area contributed by atoms with Crippen LogP contribution < -0.4 is 10.1 Å². The van der Waals surface area contributed by atoms with Gasteiger partial charge in [-0.05, 0) is 73.3 Å². The van der Waals surface area contributed by atoms with E-state index in [1.165, 1.54) is 0 Å². The first-order chi connectivity index (χ1) is 16.1. The average Bonchev–Trinajstić information content (AvgIpc) is 3.47. The first kappa shape index (κ1) is 21.6. The Morgan fingerprint density at radius 2 is 1.94 bits per heavy atom. The standard InChI is InChI=1S/C27H31N3O3/c1-19-26(18-33-23-8-7-21-17-28-27(32)25(21)16-23)24(20-5-4-6-22(31)15-20)9-12-30(19)14-13-29-10-2-3-11-29/h2-8,10-11,15-16,19,24,26,31H,9,12-14,17-18H2,1H3,(H,28,32). The van der Waals surface area contributed by atoms with Gasteiger partial charge < -0.3 is 19.7 Å². The first-order valence-electron chi connectivity index (χ1n) is 11.8. The van der Waals surface area contributed by atoms with E-state index in [0.717, 1.165) is 42.9 Å². The van der Waals surface area contributed by atoms with Crippen LogP contribution in [0.25, 0.3) is 0 Å². The molecule has 5 rings (SSSR count). The molecule has 6 heteroatoms. The molecule has 3 heterocycles. The smallest absolute Gasteiger partial charge is 0.252 e. The van der Waals surface area contributed by atoms with Crippen molar-refractivity contribution in [3.05, 3.63) is 83.7 Å². The number of benzene rings is 2. The topological polar surface area (TPSA) is 66.7 Å². The van der Waals surface area contributed by atoms with Crippen LogP contribution in [-0.4, -0.2) is 46.2 Å². The molecule has 1 amide bonds. The van der Waals surface area contributed by atoms with Crippen molar-refractivity contribution < 1.29 is 14.6 Å². The fourth-order valence-electron chi connectivity index (χ4n) is 5.31. The summed E-state index contributed by atoms with van der Waals surface area (Å²) in [6.07, 6.45) is 5.23. The Morgan fingerprint density at radius 1 is 1.09 bits per heavy atom. The number of phenolic OH excluding ortho intramolecular Hbond substituents is 1. The summed E-state index contributed by atoms with van der Waals surface area (Å²) >= 11 is 0. The second-order valence-electron chi connectivity index (χ2n) is 9.16. The van der Waals surface area contributed by atoms with Gasteiger partial charge in [0.25, 0.3) is 5.91 Å². The van der Waals surface area contributed by atoms with Gasteiger partial charge in [-0.1, -0.05) is 18.2 Å². The zero-order valence-corrected chi connectivity index (χ0v) is 19.0. The van der Waals surface area contributed by atoms with E-state index < -0.39 is 0 Å². The zero-order valence-electron chi connectivity index (χ0n) is 19.0. The number of rotatable bonds is 7. The minimum absolute atomic E-state index is 0.0321. The number of aromatic hydroxyl groups is 1. The molecule has 2 N–H and O–H groups in total. The van der Waals surface area contributed by atoms with E-state index in [9.17, 15) is 9.90 Å². The summed E-state index contributed by atoms with van der Waals surface area (Å²) in [6.45, 7) is 6.39. The number of nitrogens with zero attached hydrogens (tertiary/aromatic N) is 2. The zero-order chi connectivity index (χ0) is 22.8. The van der Waals surface area contributed by atoms with Gasteiger partial charge in [-0.2, -0.15) is 0 Å². The lowest BCUT2D eigenvalue weighted by molar-refractivity contribution is 0.0538. The minimum Gasteiger partial charge on any atom is -0.508 e. The highest BCUT2D eigenvalue weighted by Crippen LogP contribution is 2.38. The van der Waals surface area contributed by atoms with E-state index >= 15 is 0 Å². The number of aromatic nitrogens is 1. The second-order valence-corrected chi connectivity index (χ2v) is 9.16. The predicted octanol–water partition coefficient (Wildman–Crippen LogP) is 4.01. The molecule has 0 saturated carbocycles. The monoisotopic (exact) mass is 445 g/mol. The van der Waals surface area contributed by atoms with Crippen molar-refractivity contribution in [1.29, 1.82) is 0 Å². The molecule has 2 aromatic carbocycles. The van der Waals surface area contributed by atoms with Crippen LogP contribution in [0.15, 0.2) is 67.0 Å². The first-order valence-corrected chi connectivity index (χ1v) is 11.8. The number of nitrogens with one attached hydrogen (secondary N) is 1. The summed E-state index contributed by atoms with van der Waals surface area (Å²) in [5, 5.41) is 12.9. The van der Waals surface area contributed by atoms with E-state index in [1.807, 2.05) is 30.3 Å². The normalized spacial score (nSPS) is 22.7. The third-order valence-electron chi connectivity index (χ3n) is 7.26. The van der Waals surface area contributed by atoms with Gasteiger partial charge in [0.1, 0.15) is 11.5 Å². The quantitative estimate of drug-likeness (QED) is 0.577. The summed E-state index contributed by atoms with van der Waals surface area (Å²) in [4.78, 5) is 14.6. The molecule has 0 aliphatic carbocycles. The van der Waals surface area contributed by atoms with Gasteiger partial charge >= 0.3 is 0 Å². The SMILES string of the molecule is CC1C(COc2ccc3c(c2)C(=O)NC3)C(c2cccc(O)c2)CCN1CCn1cccc1. The Bertz CT molecular complexity index is 1110. The Labute approximate surface area is 194 Å². The molecular weight excluding hydrogens is 414 g/mol. The third kappa shape index (κ3) is 4.62. The molecule has 0 spiro atoms. The molecule has 3 aromatic rings. The van der Waals surface area contributed by atoms with Crippen molar-refractivity contribution in [2.75, 3.05) is 19.7 Å². The van der Waals surface area contributed by atoms with Crippen LogP contribution in [0.5, 0.6) is 11.5 Å². The molecule has 3 unspecified atom stereocenters. The van der Waals surface area contributed by atoms with Crippen LogP contribution in [0.2, 0.25) is 0 Å². The molecule has 172 valence electrons. The Balaban J connectivity index is 1.34. The number of phenols is 1. The lowest BCUT2D eigenvalue weighted by Gasteiger charge is -2.44. The van der Waals surface area contributed by atoms with Gasteiger partial charge in [0.2, 0.25) is 0 Å². The van der Waals surface area contributed by atoms with Crippen LogP contribution in [0.3, 0.4) is 0 Å². The van der Waals surface area contributed by atoms with Crippen LogP contribution in [0.4, 0.5) is 0 Å². The van der Waals surface area contributed by atoms with E-state index in [2.05, 4.69) is 52.3 Å². The Morgan fingerprint density at radius 3 is 2.76 bits per heavy atom. The average molecular weight is 446 g/mol.